The highest BCUT2D eigenvalue weighted by Gasteiger charge is 2.25. The lowest BCUT2D eigenvalue weighted by Gasteiger charge is -2.30. The summed E-state index contributed by atoms with van der Waals surface area (Å²) in [4.78, 5) is 20.7. The smallest absolute Gasteiger partial charge is 0.407 e. The second kappa shape index (κ2) is 13.0. The number of alkyl carbamates (subject to hydrolysis) is 1. The predicted molar refractivity (Wildman–Crippen MR) is 157 cm³/mol. The summed E-state index contributed by atoms with van der Waals surface area (Å²) in [5, 5.41) is 6.36. The molecular weight excluding hydrogens is 569 g/mol. The van der Waals surface area contributed by atoms with Crippen LogP contribution in [0, 0.1) is 5.82 Å². The Balaban J connectivity index is 1.24. The molecule has 1 aliphatic carbocycles. The topological polar surface area (TPSA) is 122 Å². The summed E-state index contributed by atoms with van der Waals surface area (Å²) in [7, 11) is -4.03. The standard InChI is InChI=1S/C29H35ClFN5O4S/c1-29(2,3)40-28(37)35-22-13-11-21(12-14-22)34-27-32-17-20(18-33-27)9-8-19-10-15-25(24(31)16-19)36-41(38,39)26-7-5-4-6-23(26)30/h4-7,10,15-18,21-22,36H,8-9,11-14H2,1-3H3,(H,35,37)(H,32,33,34). The molecule has 41 heavy (non-hydrogen) atoms. The second-order valence-electron chi connectivity index (χ2n) is 11.1. The molecule has 3 N–H and O–H groups in total. The molecule has 12 heteroatoms. The minimum absolute atomic E-state index is 0.0560. The average Bonchev–Trinajstić information content (AvgIpc) is 2.90. The molecule has 1 heterocycles. The van der Waals surface area contributed by atoms with E-state index in [1.165, 1.54) is 24.3 Å². The van der Waals surface area contributed by atoms with Gasteiger partial charge in [-0.25, -0.2) is 27.6 Å². The Hall–Kier alpha value is -3.44. The molecule has 0 spiro atoms. The van der Waals surface area contributed by atoms with E-state index in [1.807, 2.05) is 20.8 Å². The van der Waals surface area contributed by atoms with Gasteiger partial charge in [-0.15, -0.1) is 0 Å². The molecule has 0 atom stereocenters. The monoisotopic (exact) mass is 603 g/mol. The Morgan fingerprint density at radius 3 is 2.27 bits per heavy atom. The zero-order valence-corrected chi connectivity index (χ0v) is 24.9. The summed E-state index contributed by atoms with van der Waals surface area (Å²) in [5.41, 5.74) is 0.933. The van der Waals surface area contributed by atoms with Gasteiger partial charge in [0.1, 0.15) is 16.3 Å². The van der Waals surface area contributed by atoms with Crippen molar-refractivity contribution < 1.29 is 22.3 Å². The summed E-state index contributed by atoms with van der Waals surface area (Å²) in [5.74, 6) is -0.136. The van der Waals surface area contributed by atoms with Gasteiger partial charge < -0.3 is 15.4 Å². The third kappa shape index (κ3) is 9.02. The van der Waals surface area contributed by atoms with E-state index in [0.717, 1.165) is 31.2 Å². The van der Waals surface area contributed by atoms with Crippen LogP contribution in [0.2, 0.25) is 5.02 Å². The Morgan fingerprint density at radius 1 is 1.00 bits per heavy atom. The molecule has 9 nitrogen and oxygen atoms in total. The van der Waals surface area contributed by atoms with Gasteiger partial charge in [-0.3, -0.25) is 4.72 Å². The number of amides is 1. The van der Waals surface area contributed by atoms with E-state index in [4.69, 9.17) is 16.3 Å². The van der Waals surface area contributed by atoms with Gasteiger partial charge in [0, 0.05) is 24.5 Å². The fourth-order valence-electron chi connectivity index (χ4n) is 4.55. The van der Waals surface area contributed by atoms with Crippen molar-refractivity contribution in [2.45, 2.75) is 81.9 Å². The molecule has 1 saturated carbocycles. The molecule has 3 aromatic rings. The Bertz CT molecular complexity index is 1460. The summed E-state index contributed by atoms with van der Waals surface area (Å²) < 4.78 is 47.6. The molecule has 1 aromatic heterocycles. The van der Waals surface area contributed by atoms with Crippen LogP contribution in [0.15, 0.2) is 59.8 Å². The SMILES string of the molecule is CC(C)(C)OC(=O)NC1CCC(Nc2ncc(CCc3ccc(NS(=O)(=O)c4ccccc4Cl)c(F)c3)cn2)CC1. The molecule has 0 bridgehead atoms. The first kappa shape index (κ1) is 30.5. The Labute approximate surface area is 245 Å². The lowest BCUT2D eigenvalue weighted by atomic mass is 9.91. The number of aromatic nitrogens is 2. The third-order valence-corrected chi connectivity index (χ3v) is 8.46. The second-order valence-corrected chi connectivity index (χ2v) is 13.2. The van der Waals surface area contributed by atoms with E-state index in [-0.39, 0.29) is 33.8 Å². The van der Waals surface area contributed by atoms with Gasteiger partial charge in [0.05, 0.1) is 10.7 Å². The van der Waals surface area contributed by atoms with Crippen LogP contribution in [-0.2, 0) is 27.6 Å². The van der Waals surface area contributed by atoms with Crippen LogP contribution in [0.25, 0.3) is 0 Å². The number of nitrogens with one attached hydrogen (secondary N) is 3. The lowest BCUT2D eigenvalue weighted by molar-refractivity contribution is 0.0492. The normalized spacial score (nSPS) is 17.5. The largest absolute Gasteiger partial charge is 0.444 e. The molecule has 0 saturated heterocycles. The number of carbonyl (C=O) groups is 1. The first-order valence-corrected chi connectivity index (χ1v) is 15.4. The van der Waals surface area contributed by atoms with Crippen molar-refractivity contribution in [2.24, 2.45) is 0 Å². The van der Waals surface area contributed by atoms with Gasteiger partial charge in [0.25, 0.3) is 10.0 Å². The quantitative estimate of drug-likeness (QED) is 0.270. The van der Waals surface area contributed by atoms with E-state index in [1.54, 1.807) is 30.6 Å². The molecule has 0 unspecified atom stereocenters. The zero-order valence-electron chi connectivity index (χ0n) is 23.3. The molecule has 1 aliphatic rings. The van der Waals surface area contributed by atoms with Gasteiger partial charge in [-0.05, 0) is 94.7 Å². The number of halogens is 2. The number of nitrogens with zero attached hydrogens (tertiary/aromatic N) is 2. The van der Waals surface area contributed by atoms with Gasteiger partial charge >= 0.3 is 6.09 Å². The number of hydrogen-bond donors (Lipinski definition) is 3. The first-order valence-electron chi connectivity index (χ1n) is 13.5. The molecule has 0 aliphatic heterocycles. The van der Waals surface area contributed by atoms with Crippen molar-refractivity contribution in [1.29, 1.82) is 0 Å². The van der Waals surface area contributed by atoms with Crippen LogP contribution in [0.3, 0.4) is 0 Å². The van der Waals surface area contributed by atoms with Gasteiger partial charge in [-0.1, -0.05) is 29.8 Å². The van der Waals surface area contributed by atoms with Crippen LogP contribution in [0.4, 0.5) is 20.8 Å². The van der Waals surface area contributed by atoms with E-state index >= 15 is 0 Å². The molecular formula is C29H35ClFN5O4S. The number of hydrogen-bond acceptors (Lipinski definition) is 7. The van der Waals surface area contributed by atoms with Gasteiger partial charge in [-0.2, -0.15) is 0 Å². The minimum atomic E-state index is -4.03. The zero-order chi connectivity index (χ0) is 29.6. The van der Waals surface area contributed by atoms with Crippen molar-refractivity contribution in [3.05, 3.63) is 76.8 Å². The van der Waals surface area contributed by atoms with Gasteiger partial charge in [0.2, 0.25) is 5.95 Å². The fraction of sp³-hybridized carbons (Fsp3) is 0.414. The van der Waals surface area contributed by atoms with Crippen molar-refractivity contribution in [2.75, 3.05) is 10.0 Å². The first-order chi connectivity index (χ1) is 19.4. The van der Waals surface area contributed by atoms with Crippen LogP contribution in [-0.4, -0.2) is 42.2 Å². The highest BCUT2D eigenvalue weighted by atomic mass is 35.5. The van der Waals surface area contributed by atoms with E-state index in [2.05, 4.69) is 25.3 Å². The summed E-state index contributed by atoms with van der Waals surface area (Å²) in [6.07, 6.45) is 7.65. The number of anilines is 2. The summed E-state index contributed by atoms with van der Waals surface area (Å²) in [6.45, 7) is 5.53. The average molecular weight is 604 g/mol. The maximum absolute atomic E-state index is 14.7. The van der Waals surface area contributed by atoms with Crippen molar-refractivity contribution in [3.63, 3.8) is 0 Å². The number of sulfonamides is 1. The van der Waals surface area contributed by atoms with Gasteiger partial charge in [0.15, 0.2) is 0 Å². The lowest BCUT2D eigenvalue weighted by Crippen LogP contribution is -2.42. The van der Waals surface area contributed by atoms with E-state index < -0.39 is 21.4 Å². The molecule has 1 amide bonds. The molecule has 220 valence electrons. The third-order valence-electron chi connectivity index (χ3n) is 6.59. The molecule has 4 rings (SSSR count). The Morgan fingerprint density at radius 2 is 1.63 bits per heavy atom. The number of carbonyl (C=O) groups excluding carboxylic acids is 1. The maximum atomic E-state index is 14.7. The van der Waals surface area contributed by atoms with Crippen LogP contribution in [0.5, 0.6) is 0 Å². The van der Waals surface area contributed by atoms with Crippen LogP contribution < -0.4 is 15.4 Å². The van der Waals surface area contributed by atoms with Crippen molar-refractivity contribution in [1.82, 2.24) is 15.3 Å². The molecule has 2 aromatic carbocycles. The summed E-state index contributed by atoms with van der Waals surface area (Å²) in [6, 6.07) is 10.7. The minimum Gasteiger partial charge on any atom is -0.444 e. The number of aryl methyl sites for hydroxylation is 2. The van der Waals surface area contributed by atoms with Crippen molar-refractivity contribution >= 4 is 39.4 Å². The number of ether oxygens (including phenoxy) is 1. The van der Waals surface area contributed by atoms with Crippen LogP contribution >= 0.6 is 11.6 Å². The number of benzene rings is 2. The fourth-order valence-corrected chi connectivity index (χ4v) is 6.13. The highest BCUT2D eigenvalue weighted by molar-refractivity contribution is 7.92. The summed E-state index contributed by atoms with van der Waals surface area (Å²) >= 11 is 5.99. The predicted octanol–water partition coefficient (Wildman–Crippen LogP) is 6.10. The molecule has 0 radical (unpaired) electrons. The Kier molecular flexibility index (Phi) is 9.70. The van der Waals surface area contributed by atoms with E-state index in [0.29, 0.717) is 24.4 Å². The van der Waals surface area contributed by atoms with Crippen molar-refractivity contribution in [3.8, 4) is 0 Å². The molecule has 1 fully saturated rings. The highest BCUT2D eigenvalue weighted by Crippen LogP contribution is 2.26. The van der Waals surface area contributed by atoms with E-state index in [9.17, 15) is 17.6 Å². The van der Waals surface area contributed by atoms with Crippen LogP contribution in [0.1, 0.15) is 57.6 Å². The maximum Gasteiger partial charge on any atom is 0.407 e. The number of rotatable bonds is 9.